The van der Waals surface area contributed by atoms with Gasteiger partial charge in [-0.3, -0.25) is 4.79 Å². The van der Waals surface area contributed by atoms with Crippen LogP contribution >= 0.6 is 11.8 Å². The highest BCUT2D eigenvalue weighted by atomic mass is 32.2. The summed E-state index contributed by atoms with van der Waals surface area (Å²) in [6.07, 6.45) is 1.87. The van der Waals surface area contributed by atoms with E-state index in [1.54, 1.807) is 6.07 Å². The number of anilines is 2. The number of hydrogen-bond donors (Lipinski definition) is 3. The molecule has 19 heavy (non-hydrogen) atoms. The maximum absolute atomic E-state index is 11.5. The molecule has 0 aliphatic carbocycles. The van der Waals surface area contributed by atoms with Crippen LogP contribution in [0.3, 0.4) is 0 Å². The Morgan fingerprint density at radius 2 is 2.42 bits per heavy atom. The highest BCUT2D eigenvalue weighted by molar-refractivity contribution is 7.98. The van der Waals surface area contributed by atoms with Crippen LogP contribution in [0.2, 0.25) is 0 Å². The quantitative estimate of drug-likeness (QED) is 0.284. The van der Waals surface area contributed by atoms with Crippen LogP contribution in [0, 0.1) is 0 Å². The Labute approximate surface area is 114 Å². The largest absolute Gasteiger partial charge is 0.377 e. The van der Waals surface area contributed by atoms with Gasteiger partial charge < -0.3 is 20.8 Å². The number of primary amides is 1. The number of aromatic nitrogens is 2. The first-order valence-electron chi connectivity index (χ1n) is 5.69. The van der Waals surface area contributed by atoms with Crippen LogP contribution in [-0.2, 0) is 9.53 Å². The fraction of sp³-hybridized carbons (Fsp3) is 0.500. The lowest BCUT2D eigenvalue weighted by Crippen LogP contribution is -2.53. The molecule has 2 heterocycles. The predicted molar refractivity (Wildman–Crippen MR) is 72.8 cm³/mol. The predicted octanol–water partition coefficient (Wildman–Crippen LogP) is -0.825. The lowest BCUT2D eigenvalue weighted by atomic mass is 10.2. The number of nitrogens with one attached hydrogen (secondary N) is 1. The number of amides is 1. The highest BCUT2D eigenvalue weighted by Crippen LogP contribution is 2.23. The highest BCUT2D eigenvalue weighted by Gasteiger charge is 2.29. The molecule has 1 aliphatic rings. The van der Waals surface area contributed by atoms with Crippen LogP contribution in [-0.4, -0.2) is 47.9 Å². The van der Waals surface area contributed by atoms with Crippen molar-refractivity contribution in [1.82, 2.24) is 9.97 Å². The molecule has 1 unspecified atom stereocenters. The molecule has 1 saturated heterocycles. The Hall–Kier alpha value is -1.58. The van der Waals surface area contributed by atoms with E-state index in [9.17, 15) is 4.79 Å². The number of nitrogen functional groups attached to an aromatic ring is 1. The molecule has 8 nitrogen and oxygen atoms in total. The summed E-state index contributed by atoms with van der Waals surface area (Å²) in [5.41, 5.74) is 7.87. The first kappa shape index (κ1) is 13.8. The number of rotatable bonds is 4. The van der Waals surface area contributed by atoms with E-state index in [2.05, 4.69) is 15.4 Å². The van der Waals surface area contributed by atoms with Crippen LogP contribution in [0.4, 0.5) is 11.6 Å². The Balaban J connectivity index is 2.35. The molecule has 0 bridgehead atoms. The molecule has 2 rings (SSSR count). The number of nitrogens with zero attached hydrogens (tertiary/aromatic N) is 3. The summed E-state index contributed by atoms with van der Waals surface area (Å²) >= 11 is 1.39. The lowest BCUT2D eigenvalue weighted by Gasteiger charge is -2.34. The molecule has 1 fully saturated rings. The van der Waals surface area contributed by atoms with Gasteiger partial charge in [0.2, 0.25) is 5.91 Å². The first-order chi connectivity index (χ1) is 9.15. The Kier molecular flexibility index (Phi) is 4.40. The average molecular weight is 284 g/mol. The molecule has 1 atom stereocenters. The van der Waals surface area contributed by atoms with E-state index in [1.807, 2.05) is 11.2 Å². The zero-order valence-electron chi connectivity index (χ0n) is 10.5. The van der Waals surface area contributed by atoms with Crippen LogP contribution < -0.4 is 21.9 Å². The SMILES string of the molecule is CSc1nc(NN)cc(N2CCOCC2C(N)=O)n1. The molecule has 5 N–H and O–H groups in total. The average Bonchev–Trinajstić information content (AvgIpc) is 2.46. The van der Waals surface area contributed by atoms with Gasteiger partial charge in [-0.2, -0.15) is 0 Å². The van der Waals surface area contributed by atoms with Crippen molar-refractivity contribution in [2.24, 2.45) is 11.6 Å². The van der Waals surface area contributed by atoms with Crippen LogP contribution in [0.5, 0.6) is 0 Å². The van der Waals surface area contributed by atoms with Crippen molar-refractivity contribution in [3.63, 3.8) is 0 Å². The van der Waals surface area contributed by atoms with Gasteiger partial charge in [0.25, 0.3) is 0 Å². The van der Waals surface area contributed by atoms with Crippen molar-refractivity contribution < 1.29 is 9.53 Å². The van der Waals surface area contributed by atoms with Gasteiger partial charge in [0, 0.05) is 12.6 Å². The summed E-state index contributed by atoms with van der Waals surface area (Å²) in [7, 11) is 0. The number of carbonyl (C=O) groups excluding carboxylic acids is 1. The Morgan fingerprint density at radius 1 is 1.63 bits per heavy atom. The summed E-state index contributed by atoms with van der Waals surface area (Å²) in [5, 5.41) is 0.570. The molecule has 0 aromatic carbocycles. The third kappa shape index (κ3) is 3.06. The van der Waals surface area contributed by atoms with Gasteiger partial charge in [0.05, 0.1) is 13.2 Å². The summed E-state index contributed by atoms with van der Waals surface area (Å²) in [5.74, 6) is 6.04. The van der Waals surface area contributed by atoms with Crippen molar-refractivity contribution >= 4 is 29.3 Å². The smallest absolute Gasteiger partial charge is 0.242 e. The molecule has 0 radical (unpaired) electrons. The molecule has 104 valence electrons. The zero-order chi connectivity index (χ0) is 13.8. The molecule has 1 aliphatic heterocycles. The second-order valence-electron chi connectivity index (χ2n) is 3.93. The molecule has 0 saturated carbocycles. The van der Waals surface area contributed by atoms with E-state index in [0.29, 0.717) is 29.9 Å². The monoisotopic (exact) mass is 284 g/mol. The van der Waals surface area contributed by atoms with Crippen molar-refractivity contribution in [3.8, 4) is 0 Å². The number of hydrogen-bond acceptors (Lipinski definition) is 8. The van der Waals surface area contributed by atoms with E-state index in [0.717, 1.165) is 0 Å². The van der Waals surface area contributed by atoms with E-state index < -0.39 is 11.9 Å². The van der Waals surface area contributed by atoms with Gasteiger partial charge in [-0.25, -0.2) is 15.8 Å². The minimum Gasteiger partial charge on any atom is -0.377 e. The topological polar surface area (TPSA) is 119 Å². The van der Waals surface area contributed by atoms with E-state index in [-0.39, 0.29) is 6.61 Å². The van der Waals surface area contributed by atoms with Gasteiger partial charge in [0.15, 0.2) is 5.16 Å². The van der Waals surface area contributed by atoms with Crippen molar-refractivity contribution in [2.45, 2.75) is 11.2 Å². The summed E-state index contributed by atoms with van der Waals surface area (Å²) in [6.45, 7) is 1.33. The number of morpholine rings is 1. The molecule has 1 amide bonds. The van der Waals surface area contributed by atoms with E-state index in [4.69, 9.17) is 16.3 Å². The van der Waals surface area contributed by atoms with Gasteiger partial charge in [-0.15, -0.1) is 0 Å². The number of thioether (sulfide) groups is 1. The van der Waals surface area contributed by atoms with Crippen LogP contribution in [0.15, 0.2) is 11.2 Å². The summed E-state index contributed by atoms with van der Waals surface area (Å²) < 4.78 is 5.28. The molecular weight excluding hydrogens is 268 g/mol. The standard InChI is InChI=1S/C10H16N6O2S/c1-19-10-13-7(15-12)4-8(14-10)16-2-3-18-5-6(16)9(11)17/h4,6H,2-3,5,12H2,1H3,(H2,11,17)(H,13,14,15). The van der Waals surface area contributed by atoms with Gasteiger partial charge >= 0.3 is 0 Å². The maximum Gasteiger partial charge on any atom is 0.242 e. The Bertz CT molecular complexity index is 449. The summed E-state index contributed by atoms with van der Waals surface area (Å²) in [4.78, 5) is 21.8. The van der Waals surface area contributed by atoms with Crippen molar-refractivity contribution in [3.05, 3.63) is 6.07 Å². The van der Waals surface area contributed by atoms with Gasteiger partial charge in [-0.05, 0) is 6.26 Å². The van der Waals surface area contributed by atoms with Crippen molar-refractivity contribution in [1.29, 1.82) is 0 Å². The second kappa shape index (κ2) is 6.04. The fourth-order valence-electron chi connectivity index (χ4n) is 1.84. The first-order valence-corrected chi connectivity index (χ1v) is 6.91. The number of ether oxygens (including phenoxy) is 1. The minimum absolute atomic E-state index is 0.263. The molecule has 9 heteroatoms. The number of nitrogens with two attached hydrogens (primary N) is 2. The zero-order valence-corrected chi connectivity index (χ0v) is 11.3. The third-order valence-electron chi connectivity index (χ3n) is 2.77. The molecule has 1 aromatic heterocycles. The minimum atomic E-state index is -0.524. The Morgan fingerprint density at radius 3 is 3.05 bits per heavy atom. The number of carbonyl (C=O) groups is 1. The normalized spacial score (nSPS) is 19.3. The van der Waals surface area contributed by atoms with E-state index >= 15 is 0 Å². The van der Waals surface area contributed by atoms with Crippen LogP contribution in [0.1, 0.15) is 0 Å². The molecular formula is C10H16N6O2S. The second-order valence-corrected chi connectivity index (χ2v) is 4.70. The van der Waals surface area contributed by atoms with Crippen LogP contribution in [0.25, 0.3) is 0 Å². The lowest BCUT2D eigenvalue weighted by molar-refractivity contribution is -0.121. The summed E-state index contributed by atoms with van der Waals surface area (Å²) in [6, 6.07) is 1.16. The van der Waals surface area contributed by atoms with Crippen molar-refractivity contribution in [2.75, 3.05) is 36.3 Å². The fourth-order valence-corrected chi connectivity index (χ4v) is 2.21. The molecule has 1 aromatic rings. The third-order valence-corrected chi connectivity index (χ3v) is 3.32. The maximum atomic E-state index is 11.5. The van der Waals surface area contributed by atoms with E-state index in [1.165, 1.54) is 11.8 Å². The number of hydrazine groups is 1. The van der Waals surface area contributed by atoms with Gasteiger partial charge in [-0.1, -0.05) is 11.8 Å². The van der Waals surface area contributed by atoms with Gasteiger partial charge in [0.1, 0.15) is 17.7 Å². The molecule has 0 spiro atoms.